The number of hydrogen-bond acceptors (Lipinski definition) is 4. The van der Waals surface area contributed by atoms with Crippen LogP contribution in [0.4, 0.5) is 17.2 Å². The minimum Gasteiger partial charge on any atom is -0.492 e. The molecule has 0 unspecified atom stereocenters. The highest BCUT2D eigenvalue weighted by molar-refractivity contribution is 6.31. The number of amides is 1. The highest BCUT2D eigenvalue weighted by Gasteiger charge is 2.08. The van der Waals surface area contributed by atoms with Gasteiger partial charge in [-0.2, -0.15) is 0 Å². The number of benzene rings is 2. The summed E-state index contributed by atoms with van der Waals surface area (Å²) >= 11 is 5.91. The zero-order chi connectivity index (χ0) is 18.4. The maximum absolute atomic E-state index is 12.2. The molecule has 1 amide bonds. The van der Waals surface area contributed by atoms with E-state index in [9.17, 15) is 4.79 Å². The van der Waals surface area contributed by atoms with Crippen LogP contribution >= 0.6 is 11.6 Å². The number of carbonyl (C=O) groups excluding carboxylic acids is 1. The minimum absolute atomic E-state index is 0.239. The summed E-state index contributed by atoms with van der Waals surface area (Å²) < 4.78 is 5.59. The molecule has 3 aromatic rings. The third-order valence-electron chi connectivity index (χ3n) is 3.56. The molecular weight excluding hydrogens is 350 g/mol. The van der Waals surface area contributed by atoms with Crippen molar-refractivity contribution in [1.82, 2.24) is 4.98 Å². The molecule has 0 saturated carbocycles. The van der Waals surface area contributed by atoms with Crippen molar-refractivity contribution in [3.05, 3.63) is 77.4 Å². The van der Waals surface area contributed by atoms with Crippen molar-refractivity contribution < 1.29 is 9.53 Å². The second-order valence-corrected chi connectivity index (χ2v) is 5.89. The van der Waals surface area contributed by atoms with Gasteiger partial charge in [0.15, 0.2) is 0 Å². The maximum atomic E-state index is 12.2. The molecule has 0 spiro atoms. The third kappa shape index (κ3) is 4.52. The number of rotatable bonds is 6. The van der Waals surface area contributed by atoms with Gasteiger partial charge in [-0.3, -0.25) is 4.79 Å². The summed E-state index contributed by atoms with van der Waals surface area (Å²) in [6.07, 6.45) is 1.59. The molecule has 26 heavy (non-hydrogen) atoms. The Hall–Kier alpha value is -3.05. The summed E-state index contributed by atoms with van der Waals surface area (Å²) in [6.45, 7) is 2.52. The highest BCUT2D eigenvalue weighted by atomic mass is 35.5. The molecule has 5 nitrogen and oxygen atoms in total. The first kappa shape index (κ1) is 17.8. The van der Waals surface area contributed by atoms with E-state index >= 15 is 0 Å². The van der Waals surface area contributed by atoms with Gasteiger partial charge in [-0.05, 0) is 49.4 Å². The number of para-hydroxylation sites is 2. The summed E-state index contributed by atoms with van der Waals surface area (Å²) in [6, 6.07) is 18.0. The van der Waals surface area contributed by atoms with Crippen LogP contribution in [0.3, 0.4) is 0 Å². The third-order valence-corrected chi connectivity index (χ3v) is 3.79. The van der Waals surface area contributed by atoms with E-state index in [0.29, 0.717) is 28.7 Å². The Kier molecular flexibility index (Phi) is 5.71. The van der Waals surface area contributed by atoms with Gasteiger partial charge in [-0.25, -0.2) is 4.98 Å². The Morgan fingerprint density at radius 3 is 2.69 bits per heavy atom. The lowest BCUT2D eigenvalue weighted by molar-refractivity contribution is 0.102. The average molecular weight is 368 g/mol. The van der Waals surface area contributed by atoms with Crippen LogP contribution in [0.5, 0.6) is 5.75 Å². The fourth-order valence-corrected chi connectivity index (χ4v) is 2.55. The van der Waals surface area contributed by atoms with Gasteiger partial charge in [0.2, 0.25) is 0 Å². The van der Waals surface area contributed by atoms with E-state index in [1.54, 1.807) is 42.6 Å². The first-order valence-electron chi connectivity index (χ1n) is 8.17. The highest BCUT2D eigenvalue weighted by Crippen LogP contribution is 2.27. The number of halogens is 1. The minimum atomic E-state index is -0.239. The summed E-state index contributed by atoms with van der Waals surface area (Å²) in [5.41, 5.74) is 1.92. The van der Waals surface area contributed by atoms with E-state index in [-0.39, 0.29) is 5.91 Å². The van der Waals surface area contributed by atoms with Crippen LogP contribution < -0.4 is 15.4 Å². The molecule has 0 atom stereocenters. The maximum Gasteiger partial charge on any atom is 0.255 e. The SMILES string of the molecule is CCOc1ccccc1Nc1ccc(NC(=O)c2cccc(Cl)c2)cn1. The molecule has 6 heteroatoms. The molecule has 3 rings (SSSR count). The van der Waals surface area contributed by atoms with E-state index in [0.717, 1.165) is 11.4 Å². The largest absolute Gasteiger partial charge is 0.492 e. The Morgan fingerprint density at radius 1 is 1.12 bits per heavy atom. The molecule has 0 aliphatic heterocycles. The Morgan fingerprint density at radius 2 is 1.96 bits per heavy atom. The van der Waals surface area contributed by atoms with E-state index in [2.05, 4.69) is 15.6 Å². The first-order chi connectivity index (χ1) is 12.7. The van der Waals surface area contributed by atoms with Crippen molar-refractivity contribution in [3.8, 4) is 5.75 Å². The van der Waals surface area contributed by atoms with Crippen LogP contribution in [0.25, 0.3) is 0 Å². The smallest absolute Gasteiger partial charge is 0.255 e. The first-order valence-corrected chi connectivity index (χ1v) is 8.55. The second-order valence-electron chi connectivity index (χ2n) is 5.45. The predicted octanol–water partition coefficient (Wildman–Crippen LogP) is 5.13. The van der Waals surface area contributed by atoms with Gasteiger partial charge >= 0.3 is 0 Å². The quantitative estimate of drug-likeness (QED) is 0.634. The van der Waals surface area contributed by atoms with Gasteiger partial charge in [0, 0.05) is 10.6 Å². The topological polar surface area (TPSA) is 63.2 Å². The van der Waals surface area contributed by atoms with Crippen molar-refractivity contribution in [2.24, 2.45) is 0 Å². The fourth-order valence-electron chi connectivity index (χ4n) is 2.36. The van der Waals surface area contributed by atoms with Crippen molar-refractivity contribution in [1.29, 1.82) is 0 Å². The number of hydrogen-bond donors (Lipinski definition) is 2. The predicted molar refractivity (Wildman–Crippen MR) is 105 cm³/mol. The normalized spacial score (nSPS) is 10.2. The van der Waals surface area contributed by atoms with Gasteiger partial charge < -0.3 is 15.4 Å². The van der Waals surface area contributed by atoms with Crippen molar-refractivity contribution in [3.63, 3.8) is 0 Å². The van der Waals surface area contributed by atoms with Crippen molar-refractivity contribution >= 4 is 34.7 Å². The molecule has 2 N–H and O–H groups in total. The molecule has 0 aliphatic carbocycles. The number of pyridine rings is 1. The molecule has 1 heterocycles. The van der Waals surface area contributed by atoms with Gasteiger partial charge in [0.1, 0.15) is 11.6 Å². The number of nitrogens with zero attached hydrogens (tertiary/aromatic N) is 1. The van der Waals surface area contributed by atoms with Crippen LogP contribution in [0.15, 0.2) is 66.9 Å². The number of carbonyl (C=O) groups is 1. The Bertz CT molecular complexity index is 898. The van der Waals surface area contributed by atoms with E-state index < -0.39 is 0 Å². The van der Waals surface area contributed by atoms with Gasteiger partial charge in [-0.1, -0.05) is 29.8 Å². The molecule has 0 bridgehead atoms. The van der Waals surface area contributed by atoms with Crippen LogP contribution in [-0.2, 0) is 0 Å². The number of aromatic nitrogens is 1. The average Bonchev–Trinajstić information content (AvgIpc) is 2.65. The van der Waals surface area contributed by atoms with E-state index in [4.69, 9.17) is 16.3 Å². The van der Waals surface area contributed by atoms with Crippen LogP contribution in [0.2, 0.25) is 5.02 Å². The van der Waals surface area contributed by atoms with E-state index in [1.807, 2.05) is 31.2 Å². The number of ether oxygens (including phenoxy) is 1. The second kappa shape index (κ2) is 8.36. The van der Waals surface area contributed by atoms with Gasteiger partial charge in [0.25, 0.3) is 5.91 Å². The molecule has 0 saturated heterocycles. The monoisotopic (exact) mass is 367 g/mol. The zero-order valence-corrected chi connectivity index (χ0v) is 15.0. The lowest BCUT2D eigenvalue weighted by Crippen LogP contribution is -2.12. The summed E-state index contributed by atoms with van der Waals surface area (Å²) in [5, 5.41) is 6.52. The Balaban J connectivity index is 1.68. The molecule has 0 radical (unpaired) electrons. The van der Waals surface area contributed by atoms with Gasteiger partial charge in [-0.15, -0.1) is 0 Å². The summed E-state index contributed by atoms with van der Waals surface area (Å²) in [4.78, 5) is 16.6. The molecule has 2 aromatic carbocycles. The summed E-state index contributed by atoms with van der Waals surface area (Å²) in [7, 11) is 0. The Labute approximate surface area is 157 Å². The fraction of sp³-hybridized carbons (Fsp3) is 0.100. The van der Waals surface area contributed by atoms with Crippen molar-refractivity contribution in [2.75, 3.05) is 17.2 Å². The molecule has 1 aromatic heterocycles. The molecule has 0 fully saturated rings. The van der Waals surface area contributed by atoms with Crippen LogP contribution in [0, 0.1) is 0 Å². The molecule has 0 aliphatic rings. The standard InChI is InChI=1S/C20H18ClN3O2/c1-2-26-18-9-4-3-8-17(18)24-19-11-10-16(13-22-19)23-20(25)14-6-5-7-15(21)12-14/h3-13H,2H2,1H3,(H,22,24)(H,23,25). The van der Waals surface area contributed by atoms with Crippen LogP contribution in [-0.4, -0.2) is 17.5 Å². The van der Waals surface area contributed by atoms with Crippen LogP contribution in [0.1, 0.15) is 17.3 Å². The lowest BCUT2D eigenvalue weighted by atomic mass is 10.2. The zero-order valence-electron chi connectivity index (χ0n) is 14.2. The van der Waals surface area contributed by atoms with E-state index in [1.165, 1.54) is 0 Å². The molecular formula is C20H18ClN3O2. The van der Waals surface area contributed by atoms with Gasteiger partial charge in [0.05, 0.1) is 24.2 Å². The summed E-state index contributed by atoms with van der Waals surface area (Å²) in [5.74, 6) is 1.17. The number of anilines is 3. The van der Waals surface area contributed by atoms with Crippen molar-refractivity contribution in [2.45, 2.75) is 6.92 Å². The lowest BCUT2D eigenvalue weighted by Gasteiger charge is -2.12. The number of nitrogens with one attached hydrogen (secondary N) is 2. The molecule has 132 valence electrons.